The number of carbonyl (C=O) groups is 1. The molecule has 2 bridgehead atoms. The third-order valence-corrected chi connectivity index (χ3v) is 7.62. The molecular weight excluding hydrogens is 429 g/mol. The highest BCUT2D eigenvalue weighted by molar-refractivity contribution is 5.88. The molecule has 1 amide bonds. The minimum absolute atomic E-state index is 0.196. The average Bonchev–Trinajstić information content (AvgIpc) is 3.10. The zero-order valence-electron chi connectivity index (χ0n) is 16.9. The lowest BCUT2D eigenvalue weighted by atomic mass is 9.30. The Morgan fingerprint density at radius 3 is 2.59 bits per heavy atom. The molecule has 0 saturated heterocycles. The number of hydrogen-bond acceptors (Lipinski definition) is 7. The number of halogens is 3. The largest absolute Gasteiger partial charge is 0.522 e. The van der Waals surface area contributed by atoms with Gasteiger partial charge in [0.25, 0.3) is 5.91 Å². The van der Waals surface area contributed by atoms with Crippen LogP contribution in [0.25, 0.3) is 0 Å². The Bertz CT molecular complexity index is 1080. The van der Waals surface area contributed by atoms with Crippen LogP contribution < -0.4 is 15.8 Å². The fraction of sp³-hybridized carbons (Fsp3) is 0.571. The van der Waals surface area contributed by atoms with Crippen LogP contribution in [0.2, 0.25) is 0 Å². The van der Waals surface area contributed by atoms with E-state index in [1.807, 2.05) is 18.2 Å². The second kappa shape index (κ2) is 6.15. The van der Waals surface area contributed by atoms with Gasteiger partial charge in [-0.25, -0.2) is 0 Å². The number of primary amides is 1. The second-order valence-electron chi connectivity index (χ2n) is 9.53. The third kappa shape index (κ3) is 2.63. The van der Waals surface area contributed by atoms with Gasteiger partial charge in [-0.15, -0.1) is 23.4 Å². The topological polar surface area (TPSA) is 113 Å². The van der Waals surface area contributed by atoms with Crippen molar-refractivity contribution in [2.45, 2.75) is 61.5 Å². The molecule has 1 aromatic carbocycles. The van der Waals surface area contributed by atoms with Crippen molar-refractivity contribution in [3.05, 3.63) is 36.0 Å². The summed E-state index contributed by atoms with van der Waals surface area (Å²) in [4.78, 5) is 12.6. The summed E-state index contributed by atoms with van der Waals surface area (Å²) in [5.74, 6) is 0.666. The summed E-state index contributed by atoms with van der Waals surface area (Å²) in [7, 11) is 0. The van der Waals surface area contributed by atoms with Crippen molar-refractivity contribution in [1.29, 1.82) is 0 Å². The molecule has 1 aromatic heterocycles. The number of ether oxygens (including phenoxy) is 2. The number of amides is 1. The fourth-order valence-corrected chi connectivity index (χ4v) is 5.95. The number of aromatic nitrogens is 2. The van der Waals surface area contributed by atoms with Gasteiger partial charge in [0.2, 0.25) is 17.4 Å². The number of benzene rings is 1. The van der Waals surface area contributed by atoms with E-state index in [0.717, 1.165) is 5.69 Å². The maximum Gasteiger partial charge on any atom is 0.522 e. The van der Waals surface area contributed by atoms with Crippen LogP contribution in [0.15, 0.2) is 28.7 Å². The van der Waals surface area contributed by atoms with Gasteiger partial charge >= 0.3 is 6.36 Å². The van der Waals surface area contributed by atoms with Crippen molar-refractivity contribution in [3.8, 4) is 5.75 Å². The van der Waals surface area contributed by atoms with Gasteiger partial charge in [0.1, 0.15) is 5.75 Å². The molecule has 3 N–H and O–H groups in total. The zero-order chi connectivity index (χ0) is 22.4. The van der Waals surface area contributed by atoms with Crippen molar-refractivity contribution in [2.24, 2.45) is 11.1 Å². The summed E-state index contributed by atoms with van der Waals surface area (Å²) in [6.45, 7) is 0.285. The van der Waals surface area contributed by atoms with Gasteiger partial charge in [-0.1, -0.05) is 12.1 Å². The molecule has 4 fully saturated rings. The molecule has 170 valence electrons. The number of fused-ring (bicyclic) bond motifs is 1. The highest BCUT2D eigenvalue weighted by Gasteiger charge is 2.81. The van der Waals surface area contributed by atoms with Crippen LogP contribution in [0.5, 0.6) is 5.75 Å². The molecule has 2 heterocycles. The normalized spacial score (nSPS) is 37.1. The van der Waals surface area contributed by atoms with Crippen LogP contribution in [0.1, 0.15) is 49.8 Å². The minimum atomic E-state index is -4.64. The first kappa shape index (κ1) is 19.8. The summed E-state index contributed by atoms with van der Waals surface area (Å²) in [5, 5.41) is 11.5. The van der Waals surface area contributed by atoms with Gasteiger partial charge in [-0.05, 0) is 44.2 Å². The Balaban J connectivity index is 1.15. The maximum absolute atomic E-state index is 12.6. The molecule has 32 heavy (non-hydrogen) atoms. The first-order chi connectivity index (χ1) is 15.1. The van der Waals surface area contributed by atoms with E-state index < -0.39 is 29.4 Å². The number of alkyl halides is 3. The molecule has 0 radical (unpaired) electrons. The van der Waals surface area contributed by atoms with Gasteiger partial charge in [0.05, 0.1) is 23.8 Å². The van der Waals surface area contributed by atoms with E-state index in [1.54, 1.807) is 6.07 Å². The molecular formula is C21H21F3N4O4. The molecule has 1 atom stereocenters. The van der Waals surface area contributed by atoms with Crippen molar-refractivity contribution in [2.75, 3.05) is 11.9 Å². The zero-order valence-corrected chi connectivity index (χ0v) is 16.9. The summed E-state index contributed by atoms with van der Waals surface area (Å²) in [6.07, 6.45) is -3.24. The van der Waals surface area contributed by atoms with E-state index in [2.05, 4.69) is 20.3 Å². The van der Waals surface area contributed by atoms with E-state index in [1.165, 1.54) is 0 Å². The predicted octanol–water partition coefficient (Wildman–Crippen LogP) is 3.00. The number of nitrogens with two attached hydrogens (primary N) is 1. The quantitative estimate of drug-likeness (QED) is 0.720. The maximum atomic E-state index is 12.6. The Morgan fingerprint density at radius 2 is 1.91 bits per heavy atom. The van der Waals surface area contributed by atoms with E-state index in [4.69, 9.17) is 14.9 Å². The Morgan fingerprint density at radius 1 is 1.19 bits per heavy atom. The molecule has 4 aliphatic carbocycles. The van der Waals surface area contributed by atoms with Crippen LogP contribution in [0.4, 0.5) is 18.9 Å². The molecule has 4 saturated carbocycles. The van der Waals surface area contributed by atoms with Gasteiger partial charge < -0.3 is 20.2 Å². The summed E-state index contributed by atoms with van der Waals surface area (Å²) in [5.41, 5.74) is 4.74. The van der Waals surface area contributed by atoms with E-state index in [-0.39, 0.29) is 30.7 Å². The van der Waals surface area contributed by atoms with Crippen molar-refractivity contribution < 1.29 is 31.9 Å². The predicted molar refractivity (Wildman–Crippen MR) is 103 cm³/mol. The lowest BCUT2D eigenvalue weighted by molar-refractivity contribution is -0.352. The number of rotatable bonds is 5. The lowest BCUT2D eigenvalue weighted by Crippen LogP contribution is -2.80. The Kier molecular flexibility index (Phi) is 3.81. The van der Waals surface area contributed by atoms with Gasteiger partial charge in [-0.3, -0.25) is 9.53 Å². The standard InChI is InChI=1S/C21H21F3N4O4/c22-21(23,24)31-12-5-11(6-12)15-27-28-17(30-15)18-7-19(8-18,9-18)20(16(25)29)10-26-13-3-1-2-4-14(13)32-20/h1-4,11-12,26H,5-10H2,(H2,25,29). The SMILES string of the molecule is NC(=O)C1(C23CC(c4nnc(C5CC(OC(F)(F)F)C5)o4)(C2)C3)CNc2ccccc2O1. The van der Waals surface area contributed by atoms with Gasteiger partial charge in [0.15, 0.2) is 0 Å². The van der Waals surface area contributed by atoms with Crippen molar-refractivity contribution >= 4 is 11.6 Å². The summed E-state index contributed by atoms with van der Waals surface area (Å²) in [6, 6.07) is 7.41. The van der Waals surface area contributed by atoms with Crippen molar-refractivity contribution in [3.63, 3.8) is 0 Å². The smallest absolute Gasteiger partial charge is 0.473 e. The molecule has 1 unspecified atom stereocenters. The number of carbonyl (C=O) groups excluding carboxylic acids is 1. The Labute approximate surface area is 180 Å². The first-order valence-electron chi connectivity index (χ1n) is 10.5. The molecule has 1 aliphatic heterocycles. The lowest BCUT2D eigenvalue weighted by Gasteiger charge is -2.73. The van der Waals surface area contributed by atoms with Gasteiger partial charge in [-0.2, -0.15) is 0 Å². The molecule has 5 aliphatic rings. The second-order valence-corrected chi connectivity index (χ2v) is 9.53. The van der Waals surface area contributed by atoms with Crippen LogP contribution in [-0.4, -0.2) is 40.7 Å². The summed E-state index contributed by atoms with van der Waals surface area (Å²) < 4.78 is 53.0. The van der Waals surface area contributed by atoms with Crippen LogP contribution in [0, 0.1) is 5.41 Å². The van der Waals surface area contributed by atoms with Crippen LogP contribution in [0.3, 0.4) is 0 Å². The van der Waals surface area contributed by atoms with E-state index in [9.17, 15) is 18.0 Å². The number of nitrogens with zero attached hydrogens (tertiary/aromatic N) is 2. The van der Waals surface area contributed by atoms with Crippen molar-refractivity contribution in [1.82, 2.24) is 10.2 Å². The minimum Gasteiger partial charge on any atom is -0.473 e. The number of para-hydroxylation sites is 2. The number of hydrogen-bond donors (Lipinski definition) is 2. The molecule has 2 aromatic rings. The number of nitrogens with one attached hydrogen (secondary N) is 1. The highest BCUT2D eigenvalue weighted by atomic mass is 19.4. The average molecular weight is 450 g/mol. The van der Waals surface area contributed by atoms with E-state index in [0.29, 0.717) is 36.8 Å². The fourth-order valence-electron chi connectivity index (χ4n) is 5.95. The van der Waals surface area contributed by atoms with Gasteiger partial charge in [0, 0.05) is 11.3 Å². The summed E-state index contributed by atoms with van der Waals surface area (Å²) >= 11 is 0. The first-order valence-corrected chi connectivity index (χ1v) is 10.5. The monoisotopic (exact) mass is 450 g/mol. The van der Waals surface area contributed by atoms with Crippen LogP contribution in [-0.2, 0) is 14.9 Å². The third-order valence-electron chi connectivity index (χ3n) is 7.62. The highest BCUT2D eigenvalue weighted by Crippen LogP contribution is 2.77. The van der Waals surface area contributed by atoms with E-state index >= 15 is 0 Å². The Hall–Kier alpha value is -2.82. The molecule has 11 heteroatoms. The molecule has 7 rings (SSSR count). The van der Waals surface area contributed by atoms with Crippen LogP contribution >= 0.6 is 0 Å². The molecule has 0 spiro atoms. The number of anilines is 1. The molecule has 8 nitrogen and oxygen atoms in total.